The Bertz CT molecular complexity index is 453. The minimum absolute atomic E-state index is 0.107. The number of carbonyl (C=O) groups excluding carboxylic acids is 1. The van der Waals surface area contributed by atoms with Crippen LogP contribution in [0.4, 0.5) is 5.69 Å². The molecule has 0 heterocycles. The Morgan fingerprint density at radius 2 is 2.00 bits per heavy atom. The van der Waals surface area contributed by atoms with Gasteiger partial charge in [-0.1, -0.05) is 36.8 Å². The number of allylic oxidation sites excluding steroid dienone is 1. The van der Waals surface area contributed by atoms with Gasteiger partial charge in [-0.25, -0.2) is 0 Å². The third-order valence-corrected chi connectivity index (χ3v) is 3.69. The topological polar surface area (TPSA) is 49.3 Å². The molecule has 0 saturated heterocycles. The van der Waals surface area contributed by atoms with Crippen LogP contribution in [0.15, 0.2) is 42.0 Å². The van der Waals surface area contributed by atoms with Crippen molar-refractivity contribution in [3.05, 3.63) is 42.0 Å². The Balaban J connectivity index is 1.96. The number of anilines is 1. The number of para-hydroxylation sites is 1. The number of benzene rings is 1. The zero-order valence-electron chi connectivity index (χ0n) is 11.3. The summed E-state index contributed by atoms with van der Waals surface area (Å²) in [5.74, 6) is -0.436. The summed E-state index contributed by atoms with van der Waals surface area (Å²) in [4.78, 5) is 12.0. The first-order valence-corrected chi connectivity index (χ1v) is 6.91. The normalized spacial score (nSPS) is 18.3. The first-order valence-electron chi connectivity index (χ1n) is 6.91. The molecule has 1 aromatic rings. The second-order valence-corrected chi connectivity index (χ2v) is 5.11. The zero-order chi connectivity index (χ0) is 13.7. The third-order valence-electron chi connectivity index (χ3n) is 3.69. The molecule has 0 aromatic heterocycles. The number of hydrogen-bond acceptors (Lipinski definition) is 2. The maximum Gasteiger partial charge on any atom is 0.253 e. The van der Waals surface area contributed by atoms with Crippen molar-refractivity contribution in [3.63, 3.8) is 0 Å². The highest BCUT2D eigenvalue weighted by Gasteiger charge is 2.25. The summed E-state index contributed by atoms with van der Waals surface area (Å²) in [5, 5.41) is 12.9. The van der Waals surface area contributed by atoms with E-state index in [0.29, 0.717) is 0 Å². The van der Waals surface area contributed by atoms with E-state index in [9.17, 15) is 9.90 Å². The molecule has 2 N–H and O–H groups in total. The van der Waals surface area contributed by atoms with E-state index in [1.165, 1.54) is 12.0 Å². The Morgan fingerprint density at radius 1 is 1.26 bits per heavy atom. The number of rotatable bonds is 4. The van der Waals surface area contributed by atoms with Gasteiger partial charge in [-0.2, -0.15) is 0 Å². The van der Waals surface area contributed by atoms with Crippen molar-refractivity contribution in [3.8, 4) is 0 Å². The molecule has 1 aliphatic carbocycles. The summed E-state index contributed by atoms with van der Waals surface area (Å²) < 4.78 is 0. The molecule has 3 nitrogen and oxygen atoms in total. The second-order valence-electron chi connectivity index (χ2n) is 5.11. The molecule has 1 aliphatic rings. The molecule has 1 aromatic carbocycles. The van der Waals surface area contributed by atoms with Crippen LogP contribution in [0.25, 0.3) is 0 Å². The number of carbonyl (C=O) groups is 1. The minimum Gasteiger partial charge on any atom is -0.383 e. The van der Waals surface area contributed by atoms with Gasteiger partial charge in [-0.05, 0) is 37.8 Å². The molecule has 1 amide bonds. The standard InChI is InChI=1S/C16H21NO2/c1-12(13-8-4-2-5-9-13)15(18)16(19)17-14-10-6-3-7-11-14/h3,6-8,10-12,15,18H,2,4-5,9H2,1H3,(H,17,19)/t12-,15+/m1/s1. The van der Waals surface area contributed by atoms with E-state index < -0.39 is 6.10 Å². The lowest BCUT2D eigenvalue weighted by molar-refractivity contribution is -0.125. The van der Waals surface area contributed by atoms with Gasteiger partial charge in [0.15, 0.2) is 0 Å². The number of aliphatic hydroxyl groups is 1. The van der Waals surface area contributed by atoms with Gasteiger partial charge in [0, 0.05) is 11.6 Å². The molecular formula is C16H21NO2. The van der Waals surface area contributed by atoms with Crippen molar-refractivity contribution in [1.82, 2.24) is 0 Å². The molecule has 0 fully saturated rings. The lowest BCUT2D eigenvalue weighted by atomic mass is 9.86. The lowest BCUT2D eigenvalue weighted by Gasteiger charge is -2.23. The average Bonchev–Trinajstić information content (AvgIpc) is 2.47. The summed E-state index contributed by atoms with van der Waals surface area (Å²) >= 11 is 0. The number of nitrogens with one attached hydrogen (secondary N) is 1. The quantitative estimate of drug-likeness (QED) is 0.816. The molecule has 3 heteroatoms. The molecule has 19 heavy (non-hydrogen) atoms. The van der Waals surface area contributed by atoms with E-state index >= 15 is 0 Å². The van der Waals surface area contributed by atoms with Gasteiger partial charge in [-0.3, -0.25) is 4.79 Å². The molecule has 0 aliphatic heterocycles. The van der Waals surface area contributed by atoms with Gasteiger partial charge in [0.2, 0.25) is 0 Å². The largest absolute Gasteiger partial charge is 0.383 e. The van der Waals surface area contributed by atoms with E-state index in [1.807, 2.05) is 37.3 Å². The van der Waals surface area contributed by atoms with Crippen LogP contribution in [-0.2, 0) is 4.79 Å². The van der Waals surface area contributed by atoms with Crippen LogP contribution in [0.1, 0.15) is 32.6 Å². The fourth-order valence-corrected chi connectivity index (χ4v) is 2.44. The molecule has 2 atom stereocenters. The summed E-state index contributed by atoms with van der Waals surface area (Å²) in [7, 11) is 0. The van der Waals surface area contributed by atoms with Crippen LogP contribution in [0.3, 0.4) is 0 Å². The van der Waals surface area contributed by atoms with E-state index in [1.54, 1.807) is 0 Å². The van der Waals surface area contributed by atoms with E-state index in [4.69, 9.17) is 0 Å². The first kappa shape index (κ1) is 13.8. The summed E-state index contributed by atoms with van der Waals surface area (Å²) in [6.45, 7) is 1.92. The Labute approximate surface area is 114 Å². The lowest BCUT2D eigenvalue weighted by Crippen LogP contribution is -2.34. The predicted molar refractivity (Wildman–Crippen MR) is 76.8 cm³/mol. The second kappa shape index (κ2) is 6.53. The van der Waals surface area contributed by atoms with Crippen LogP contribution < -0.4 is 5.32 Å². The van der Waals surface area contributed by atoms with Crippen molar-refractivity contribution >= 4 is 11.6 Å². The first-order chi connectivity index (χ1) is 9.18. The molecule has 0 bridgehead atoms. The monoisotopic (exact) mass is 259 g/mol. The average molecular weight is 259 g/mol. The Morgan fingerprint density at radius 3 is 2.63 bits per heavy atom. The Kier molecular flexibility index (Phi) is 4.74. The number of amides is 1. The minimum atomic E-state index is -0.982. The molecule has 0 radical (unpaired) electrons. The Hall–Kier alpha value is -1.61. The molecule has 0 unspecified atom stereocenters. The maximum atomic E-state index is 12.0. The maximum absolute atomic E-state index is 12.0. The smallest absolute Gasteiger partial charge is 0.253 e. The van der Waals surface area contributed by atoms with Crippen LogP contribution in [0.5, 0.6) is 0 Å². The van der Waals surface area contributed by atoms with Crippen molar-refractivity contribution in [2.45, 2.75) is 38.7 Å². The SMILES string of the molecule is C[C@H](C1=CCCCC1)[C@H](O)C(=O)Nc1ccccc1. The van der Waals surface area contributed by atoms with Crippen molar-refractivity contribution in [2.24, 2.45) is 5.92 Å². The predicted octanol–water partition coefficient (Wildman–Crippen LogP) is 3.12. The van der Waals surface area contributed by atoms with Crippen molar-refractivity contribution in [1.29, 1.82) is 0 Å². The van der Waals surface area contributed by atoms with Crippen molar-refractivity contribution in [2.75, 3.05) is 5.32 Å². The molecule has 2 rings (SSSR count). The van der Waals surface area contributed by atoms with Crippen LogP contribution in [0.2, 0.25) is 0 Å². The fourth-order valence-electron chi connectivity index (χ4n) is 2.44. The number of aliphatic hydroxyl groups excluding tert-OH is 1. The van der Waals surface area contributed by atoms with E-state index in [0.717, 1.165) is 24.9 Å². The zero-order valence-corrected chi connectivity index (χ0v) is 11.3. The van der Waals surface area contributed by atoms with Gasteiger partial charge in [0.1, 0.15) is 6.10 Å². The summed E-state index contributed by atoms with van der Waals surface area (Å²) in [6, 6.07) is 9.23. The van der Waals surface area contributed by atoms with Gasteiger partial charge in [-0.15, -0.1) is 0 Å². The van der Waals surface area contributed by atoms with Crippen LogP contribution in [-0.4, -0.2) is 17.1 Å². The van der Waals surface area contributed by atoms with Gasteiger partial charge in [0.05, 0.1) is 0 Å². The summed E-state index contributed by atoms with van der Waals surface area (Å²) in [5.41, 5.74) is 1.93. The van der Waals surface area contributed by atoms with Gasteiger partial charge < -0.3 is 10.4 Å². The molecule has 0 saturated carbocycles. The van der Waals surface area contributed by atoms with Gasteiger partial charge in [0.25, 0.3) is 5.91 Å². The van der Waals surface area contributed by atoms with E-state index in [-0.39, 0.29) is 11.8 Å². The van der Waals surface area contributed by atoms with Gasteiger partial charge >= 0.3 is 0 Å². The van der Waals surface area contributed by atoms with Crippen LogP contribution in [0, 0.1) is 5.92 Å². The van der Waals surface area contributed by atoms with E-state index in [2.05, 4.69) is 11.4 Å². The molecule has 102 valence electrons. The van der Waals surface area contributed by atoms with Crippen LogP contribution >= 0.6 is 0 Å². The highest BCUT2D eigenvalue weighted by atomic mass is 16.3. The number of hydrogen-bond donors (Lipinski definition) is 2. The fraction of sp³-hybridized carbons (Fsp3) is 0.438. The molecular weight excluding hydrogens is 238 g/mol. The summed E-state index contributed by atoms with van der Waals surface area (Å²) in [6.07, 6.45) is 5.62. The highest BCUT2D eigenvalue weighted by Crippen LogP contribution is 2.26. The molecule has 0 spiro atoms. The highest BCUT2D eigenvalue weighted by molar-refractivity contribution is 5.94. The van der Waals surface area contributed by atoms with Crippen molar-refractivity contribution < 1.29 is 9.90 Å². The third kappa shape index (κ3) is 3.67.